The van der Waals surface area contributed by atoms with Crippen molar-refractivity contribution in [1.82, 2.24) is 0 Å². The molecular weight excluding hydrogens is 238 g/mol. The molecule has 0 radical (unpaired) electrons. The lowest BCUT2D eigenvalue weighted by molar-refractivity contribution is 0.355. The van der Waals surface area contributed by atoms with Gasteiger partial charge < -0.3 is 9.47 Å². The first-order chi connectivity index (χ1) is 9.19. The molecule has 0 heterocycles. The number of hydrogen-bond donors (Lipinski definition) is 0. The zero-order chi connectivity index (χ0) is 13.8. The maximum Gasteiger partial charge on any atom is 0.161 e. The van der Waals surface area contributed by atoms with Crippen LogP contribution in [0.15, 0.2) is 36.4 Å². The molecule has 96 valence electrons. The minimum absolute atomic E-state index is 0.651. The average Bonchev–Trinajstić information content (AvgIpc) is 2.46. The smallest absolute Gasteiger partial charge is 0.161 e. The predicted molar refractivity (Wildman–Crippen MR) is 74.4 cm³/mol. The highest BCUT2D eigenvalue weighted by Gasteiger charge is 2.09. The fourth-order valence-corrected chi connectivity index (χ4v) is 2.00. The molecule has 0 fully saturated rings. The largest absolute Gasteiger partial charge is 0.493 e. The number of benzene rings is 2. The molecule has 19 heavy (non-hydrogen) atoms. The molecule has 0 atom stereocenters. The molecule has 3 heteroatoms. The Balaban J connectivity index is 2.59. The first-order valence-corrected chi connectivity index (χ1v) is 5.92. The van der Waals surface area contributed by atoms with E-state index >= 15 is 0 Å². The van der Waals surface area contributed by atoms with Crippen molar-refractivity contribution >= 4 is 0 Å². The van der Waals surface area contributed by atoms with Crippen molar-refractivity contribution < 1.29 is 9.47 Å². The monoisotopic (exact) mass is 253 g/mol. The van der Waals surface area contributed by atoms with E-state index in [0.717, 1.165) is 16.7 Å². The summed E-state index contributed by atoms with van der Waals surface area (Å²) in [6.07, 6.45) is 0. The van der Waals surface area contributed by atoms with Crippen LogP contribution in [0.25, 0.3) is 11.1 Å². The Morgan fingerprint density at radius 2 is 1.68 bits per heavy atom. The summed E-state index contributed by atoms with van der Waals surface area (Å²) < 4.78 is 10.5. The molecule has 0 aliphatic rings. The molecule has 2 aromatic rings. The molecular formula is C16H15NO2. The van der Waals surface area contributed by atoms with E-state index in [0.29, 0.717) is 17.1 Å². The fourth-order valence-electron chi connectivity index (χ4n) is 2.00. The van der Waals surface area contributed by atoms with Gasteiger partial charge in [-0.25, -0.2) is 0 Å². The third kappa shape index (κ3) is 2.53. The standard InChI is InChI=1S/C16H15NO2/c1-11-4-5-13(10-17)14(8-11)12-6-7-15(18-2)16(9-12)19-3/h4-9H,1-3H3. The van der Waals surface area contributed by atoms with E-state index in [4.69, 9.17) is 9.47 Å². The fraction of sp³-hybridized carbons (Fsp3) is 0.188. The van der Waals surface area contributed by atoms with Crippen LogP contribution in [0.2, 0.25) is 0 Å². The summed E-state index contributed by atoms with van der Waals surface area (Å²) >= 11 is 0. The zero-order valence-electron chi connectivity index (χ0n) is 11.2. The Morgan fingerprint density at radius 3 is 2.32 bits per heavy atom. The Kier molecular flexibility index (Phi) is 3.72. The molecule has 0 aromatic heterocycles. The zero-order valence-corrected chi connectivity index (χ0v) is 11.2. The number of methoxy groups -OCH3 is 2. The van der Waals surface area contributed by atoms with Gasteiger partial charge in [0.1, 0.15) is 0 Å². The highest BCUT2D eigenvalue weighted by atomic mass is 16.5. The number of nitrogens with zero attached hydrogens (tertiary/aromatic N) is 1. The van der Waals surface area contributed by atoms with E-state index in [9.17, 15) is 5.26 Å². The molecule has 2 rings (SSSR count). The highest BCUT2D eigenvalue weighted by molar-refractivity contribution is 5.73. The van der Waals surface area contributed by atoms with Crippen molar-refractivity contribution in [2.45, 2.75) is 6.92 Å². The minimum Gasteiger partial charge on any atom is -0.493 e. The van der Waals surface area contributed by atoms with Gasteiger partial charge in [-0.3, -0.25) is 0 Å². The van der Waals surface area contributed by atoms with Gasteiger partial charge in [0, 0.05) is 0 Å². The molecule has 0 aliphatic carbocycles. The maximum atomic E-state index is 9.19. The number of ether oxygens (including phenoxy) is 2. The third-order valence-electron chi connectivity index (χ3n) is 2.99. The Hall–Kier alpha value is -2.47. The normalized spacial score (nSPS) is 9.79. The van der Waals surface area contributed by atoms with Crippen LogP contribution in [0, 0.1) is 18.3 Å². The lowest BCUT2D eigenvalue weighted by atomic mass is 9.98. The van der Waals surface area contributed by atoms with Crippen LogP contribution in [-0.2, 0) is 0 Å². The van der Waals surface area contributed by atoms with Crippen molar-refractivity contribution in [2.75, 3.05) is 14.2 Å². The molecule has 0 unspecified atom stereocenters. The summed E-state index contributed by atoms with van der Waals surface area (Å²) in [6.45, 7) is 2.01. The Labute approximate surface area is 113 Å². The van der Waals surface area contributed by atoms with Crippen LogP contribution in [0.5, 0.6) is 11.5 Å². The van der Waals surface area contributed by atoms with Gasteiger partial charge >= 0.3 is 0 Å². The van der Waals surface area contributed by atoms with Gasteiger partial charge in [-0.15, -0.1) is 0 Å². The first-order valence-electron chi connectivity index (χ1n) is 5.92. The van der Waals surface area contributed by atoms with Gasteiger partial charge in [0.25, 0.3) is 0 Å². The summed E-state index contributed by atoms with van der Waals surface area (Å²) in [5, 5.41) is 9.19. The van der Waals surface area contributed by atoms with E-state index in [-0.39, 0.29) is 0 Å². The lowest BCUT2D eigenvalue weighted by Gasteiger charge is -2.11. The van der Waals surface area contributed by atoms with Crippen molar-refractivity contribution in [3.05, 3.63) is 47.5 Å². The van der Waals surface area contributed by atoms with Crippen molar-refractivity contribution in [1.29, 1.82) is 5.26 Å². The number of rotatable bonds is 3. The van der Waals surface area contributed by atoms with Crippen LogP contribution in [0.3, 0.4) is 0 Å². The minimum atomic E-state index is 0.651. The van der Waals surface area contributed by atoms with Crippen molar-refractivity contribution in [3.8, 4) is 28.7 Å². The van der Waals surface area contributed by atoms with Gasteiger partial charge in [-0.1, -0.05) is 23.8 Å². The van der Waals surface area contributed by atoms with E-state index in [1.807, 2.05) is 43.3 Å². The van der Waals surface area contributed by atoms with Crippen LogP contribution in [0.1, 0.15) is 11.1 Å². The first kappa shape index (κ1) is 13.0. The van der Waals surface area contributed by atoms with Crippen LogP contribution in [-0.4, -0.2) is 14.2 Å². The second-order valence-electron chi connectivity index (χ2n) is 4.23. The van der Waals surface area contributed by atoms with Crippen LogP contribution in [0.4, 0.5) is 0 Å². The van der Waals surface area contributed by atoms with E-state index in [1.165, 1.54) is 0 Å². The van der Waals surface area contributed by atoms with Crippen LogP contribution >= 0.6 is 0 Å². The van der Waals surface area contributed by atoms with Gasteiger partial charge in [0.2, 0.25) is 0 Å². The summed E-state index contributed by atoms with van der Waals surface area (Å²) in [4.78, 5) is 0. The van der Waals surface area contributed by atoms with Gasteiger partial charge in [0.15, 0.2) is 11.5 Å². The summed E-state index contributed by atoms with van der Waals surface area (Å²) in [5.74, 6) is 1.34. The summed E-state index contributed by atoms with van der Waals surface area (Å²) in [7, 11) is 3.20. The number of hydrogen-bond acceptors (Lipinski definition) is 3. The second-order valence-corrected chi connectivity index (χ2v) is 4.23. The second kappa shape index (κ2) is 5.45. The molecule has 0 bridgehead atoms. The van der Waals surface area contributed by atoms with E-state index in [1.54, 1.807) is 14.2 Å². The van der Waals surface area contributed by atoms with E-state index in [2.05, 4.69) is 6.07 Å². The highest BCUT2D eigenvalue weighted by Crippen LogP contribution is 2.33. The maximum absolute atomic E-state index is 9.19. The number of aryl methyl sites for hydroxylation is 1. The third-order valence-corrected chi connectivity index (χ3v) is 2.99. The van der Waals surface area contributed by atoms with Crippen molar-refractivity contribution in [3.63, 3.8) is 0 Å². The molecule has 0 N–H and O–H groups in total. The lowest BCUT2D eigenvalue weighted by Crippen LogP contribution is -1.92. The molecule has 0 amide bonds. The topological polar surface area (TPSA) is 42.2 Å². The van der Waals surface area contributed by atoms with Gasteiger partial charge in [-0.05, 0) is 36.2 Å². The quantitative estimate of drug-likeness (QED) is 0.840. The van der Waals surface area contributed by atoms with Gasteiger partial charge in [-0.2, -0.15) is 5.26 Å². The van der Waals surface area contributed by atoms with Gasteiger partial charge in [0.05, 0.1) is 25.9 Å². The molecule has 0 aliphatic heterocycles. The average molecular weight is 253 g/mol. The Morgan fingerprint density at radius 1 is 0.947 bits per heavy atom. The van der Waals surface area contributed by atoms with Crippen molar-refractivity contribution in [2.24, 2.45) is 0 Å². The summed E-state index contributed by atoms with van der Waals surface area (Å²) in [6, 6.07) is 13.6. The molecule has 0 saturated carbocycles. The summed E-state index contributed by atoms with van der Waals surface area (Å²) in [5.41, 5.74) is 3.61. The molecule has 0 spiro atoms. The van der Waals surface area contributed by atoms with Crippen LogP contribution < -0.4 is 9.47 Å². The predicted octanol–water partition coefficient (Wildman–Crippen LogP) is 3.55. The SMILES string of the molecule is COc1ccc(-c2cc(C)ccc2C#N)cc1OC. The molecule has 3 nitrogen and oxygen atoms in total. The molecule has 0 saturated heterocycles. The molecule has 2 aromatic carbocycles. The number of nitriles is 1. The Bertz CT molecular complexity index is 642. The van der Waals surface area contributed by atoms with E-state index < -0.39 is 0 Å².